The van der Waals surface area contributed by atoms with Crippen molar-refractivity contribution < 1.29 is 37.0 Å². The molecule has 0 saturated carbocycles. The zero-order valence-electron chi connectivity index (χ0n) is 14.5. The predicted octanol–water partition coefficient (Wildman–Crippen LogP) is 2.78. The maximum atomic E-state index is 11.9. The summed E-state index contributed by atoms with van der Waals surface area (Å²) in [6.07, 6.45) is -4.36. The third kappa shape index (κ3) is 7.81. The first-order chi connectivity index (χ1) is 11.8. The summed E-state index contributed by atoms with van der Waals surface area (Å²) in [7, 11) is 0. The van der Waals surface area contributed by atoms with Crippen LogP contribution in [-0.2, 0) is 19.1 Å². The molecule has 0 aliphatic rings. The van der Waals surface area contributed by atoms with Crippen molar-refractivity contribution in [2.75, 3.05) is 17.2 Å². The van der Waals surface area contributed by atoms with Crippen LogP contribution in [0.3, 0.4) is 0 Å². The Kier molecular flexibility index (Phi) is 6.54. The first kappa shape index (κ1) is 21.2. The number of aryl methyl sites for hydroxylation is 1. The average molecular weight is 377 g/mol. The lowest BCUT2D eigenvalue weighted by atomic mass is 10.2. The number of pyridine rings is 1. The number of halogens is 3. The fraction of sp³-hybridized carbons (Fsp3) is 0.467. The molecule has 8 nitrogen and oxygen atoms in total. The molecule has 0 atom stereocenters. The number of amides is 2. The Bertz CT molecular complexity index is 699. The van der Waals surface area contributed by atoms with Gasteiger partial charge in [0.2, 0.25) is 0 Å². The van der Waals surface area contributed by atoms with Gasteiger partial charge in [-0.25, -0.2) is 14.6 Å². The molecule has 0 fully saturated rings. The van der Waals surface area contributed by atoms with E-state index in [4.69, 9.17) is 4.74 Å². The summed E-state index contributed by atoms with van der Waals surface area (Å²) in [4.78, 5) is 38.3. The predicted molar refractivity (Wildman–Crippen MR) is 84.5 cm³/mol. The van der Waals surface area contributed by atoms with Crippen molar-refractivity contribution >= 4 is 29.5 Å². The van der Waals surface area contributed by atoms with E-state index in [2.05, 4.69) is 20.4 Å². The number of anilines is 2. The van der Waals surface area contributed by atoms with Crippen LogP contribution < -0.4 is 10.6 Å². The van der Waals surface area contributed by atoms with Gasteiger partial charge in [-0.1, -0.05) is 0 Å². The van der Waals surface area contributed by atoms with Crippen molar-refractivity contribution in [3.8, 4) is 0 Å². The molecule has 144 valence electrons. The quantitative estimate of drug-likeness (QED) is 0.620. The van der Waals surface area contributed by atoms with Crippen LogP contribution in [0, 0.1) is 6.92 Å². The maximum absolute atomic E-state index is 11.9. The second-order valence-electron chi connectivity index (χ2n) is 6.16. The zero-order chi connectivity index (χ0) is 20.1. The van der Waals surface area contributed by atoms with Gasteiger partial charge >= 0.3 is 24.1 Å². The van der Waals surface area contributed by atoms with E-state index in [0.717, 1.165) is 6.20 Å². The lowest BCUT2D eigenvalue weighted by molar-refractivity contribution is -0.186. The average Bonchev–Trinajstić information content (AvgIpc) is 2.44. The summed E-state index contributed by atoms with van der Waals surface area (Å²) in [5, 5.41) is 4.46. The maximum Gasteiger partial charge on any atom is 0.422 e. The second kappa shape index (κ2) is 8.02. The number of carbonyl (C=O) groups is 3. The molecule has 26 heavy (non-hydrogen) atoms. The molecule has 11 heteroatoms. The first-order valence-electron chi connectivity index (χ1n) is 7.28. The highest BCUT2D eigenvalue weighted by Gasteiger charge is 2.31. The number of nitrogens with one attached hydrogen (secondary N) is 2. The van der Waals surface area contributed by atoms with Crippen LogP contribution in [0.15, 0.2) is 12.3 Å². The molecule has 1 aromatic rings. The number of esters is 1. The molecule has 0 unspecified atom stereocenters. The van der Waals surface area contributed by atoms with Gasteiger partial charge in [0.15, 0.2) is 6.61 Å². The fourth-order valence-corrected chi connectivity index (χ4v) is 1.57. The zero-order valence-corrected chi connectivity index (χ0v) is 14.5. The van der Waals surface area contributed by atoms with Crippen LogP contribution in [0.5, 0.6) is 0 Å². The van der Waals surface area contributed by atoms with Crippen molar-refractivity contribution in [3.63, 3.8) is 0 Å². The Labute approximate surface area is 147 Å². The van der Waals surface area contributed by atoms with Gasteiger partial charge in [0.25, 0.3) is 0 Å². The minimum absolute atomic E-state index is 0.0335. The van der Waals surface area contributed by atoms with Gasteiger partial charge in [-0.3, -0.25) is 10.1 Å². The largest absolute Gasteiger partial charge is 0.449 e. The van der Waals surface area contributed by atoms with Gasteiger partial charge in [0.05, 0.1) is 11.9 Å². The molecule has 1 aromatic heterocycles. The van der Waals surface area contributed by atoms with Gasteiger partial charge in [-0.05, 0) is 39.3 Å². The van der Waals surface area contributed by atoms with E-state index < -0.39 is 36.4 Å². The van der Waals surface area contributed by atoms with Gasteiger partial charge in [-0.15, -0.1) is 0 Å². The molecular weight excluding hydrogens is 359 g/mol. The number of ether oxygens (including phenoxy) is 2. The van der Waals surface area contributed by atoms with E-state index >= 15 is 0 Å². The number of nitrogens with zero attached hydrogens (tertiary/aromatic N) is 1. The van der Waals surface area contributed by atoms with Crippen LogP contribution in [0.2, 0.25) is 0 Å². The first-order valence-corrected chi connectivity index (χ1v) is 7.28. The molecular formula is C15H18F3N3O5. The summed E-state index contributed by atoms with van der Waals surface area (Å²) < 4.78 is 44.7. The summed E-state index contributed by atoms with van der Waals surface area (Å²) in [6.45, 7) is 4.74. The van der Waals surface area contributed by atoms with Crippen LogP contribution in [0.25, 0.3) is 0 Å². The molecule has 0 aromatic carbocycles. The van der Waals surface area contributed by atoms with Gasteiger partial charge in [-0.2, -0.15) is 13.2 Å². The molecule has 1 rings (SSSR count). The van der Waals surface area contributed by atoms with Gasteiger partial charge < -0.3 is 14.8 Å². The standard InChI is InChI=1S/C15H18F3N3O5/c1-8-5-9(20-11(22)12(23)25-7-15(16,17)18)6-19-10(8)21-13(24)26-14(2,3)4/h5-6H,7H2,1-4H3,(H,20,22)(H,19,21,24). The summed E-state index contributed by atoms with van der Waals surface area (Å²) in [6, 6.07) is 1.36. The van der Waals surface area contributed by atoms with E-state index in [1.165, 1.54) is 6.07 Å². The number of alkyl halides is 3. The molecule has 1 heterocycles. The summed E-state index contributed by atoms with van der Waals surface area (Å²) >= 11 is 0. The normalized spacial score (nSPS) is 11.5. The van der Waals surface area contributed by atoms with Gasteiger partial charge in [0.1, 0.15) is 11.4 Å². The van der Waals surface area contributed by atoms with Crippen LogP contribution in [0.4, 0.5) is 29.5 Å². The highest BCUT2D eigenvalue weighted by atomic mass is 19.4. The highest BCUT2D eigenvalue weighted by molar-refractivity contribution is 6.37. The lowest BCUT2D eigenvalue weighted by Gasteiger charge is -2.20. The second-order valence-corrected chi connectivity index (χ2v) is 6.16. The number of hydrogen-bond donors (Lipinski definition) is 2. The van der Waals surface area contributed by atoms with Crippen molar-refractivity contribution in [3.05, 3.63) is 17.8 Å². The number of aromatic nitrogens is 1. The van der Waals surface area contributed by atoms with Crippen molar-refractivity contribution in [1.82, 2.24) is 4.98 Å². The lowest BCUT2D eigenvalue weighted by Crippen LogP contribution is -2.29. The minimum atomic E-state index is -4.73. The van der Waals surface area contributed by atoms with E-state index in [-0.39, 0.29) is 11.5 Å². The van der Waals surface area contributed by atoms with E-state index in [1.54, 1.807) is 27.7 Å². The Morgan fingerprint density at radius 1 is 1.15 bits per heavy atom. The van der Waals surface area contributed by atoms with Crippen molar-refractivity contribution in [1.29, 1.82) is 0 Å². The van der Waals surface area contributed by atoms with E-state index in [9.17, 15) is 27.6 Å². The van der Waals surface area contributed by atoms with E-state index in [0.29, 0.717) is 5.56 Å². The topological polar surface area (TPSA) is 107 Å². The monoisotopic (exact) mass is 377 g/mol. The summed E-state index contributed by atoms with van der Waals surface area (Å²) in [5.41, 5.74) is -0.258. The molecule has 0 radical (unpaired) electrons. The smallest absolute Gasteiger partial charge is 0.422 e. The Morgan fingerprint density at radius 3 is 2.27 bits per heavy atom. The number of hydrogen-bond acceptors (Lipinski definition) is 6. The molecule has 0 bridgehead atoms. The number of carbonyl (C=O) groups excluding carboxylic acids is 3. The molecule has 0 aliphatic heterocycles. The Hall–Kier alpha value is -2.85. The minimum Gasteiger partial charge on any atom is -0.449 e. The molecule has 2 amide bonds. The third-order valence-electron chi connectivity index (χ3n) is 2.51. The molecule has 0 aliphatic carbocycles. The number of rotatable bonds is 3. The van der Waals surface area contributed by atoms with Crippen LogP contribution in [0.1, 0.15) is 26.3 Å². The van der Waals surface area contributed by atoms with Crippen molar-refractivity contribution in [2.45, 2.75) is 39.5 Å². The van der Waals surface area contributed by atoms with Gasteiger partial charge in [0, 0.05) is 0 Å². The Balaban J connectivity index is 2.68. The Morgan fingerprint density at radius 2 is 1.77 bits per heavy atom. The third-order valence-corrected chi connectivity index (χ3v) is 2.51. The van der Waals surface area contributed by atoms with Crippen molar-refractivity contribution in [2.24, 2.45) is 0 Å². The molecule has 0 spiro atoms. The van der Waals surface area contributed by atoms with E-state index in [1.807, 2.05) is 0 Å². The summed E-state index contributed by atoms with van der Waals surface area (Å²) in [5.74, 6) is -2.92. The molecule has 0 saturated heterocycles. The van der Waals surface area contributed by atoms with Crippen LogP contribution in [-0.4, -0.2) is 41.3 Å². The SMILES string of the molecule is Cc1cc(NC(=O)C(=O)OCC(F)(F)F)cnc1NC(=O)OC(C)(C)C. The van der Waals surface area contributed by atoms with Crippen LogP contribution >= 0.6 is 0 Å². The fourth-order valence-electron chi connectivity index (χ4n) is 1.57. The molecule has 2 N–H and O–H groups in total. The highest BCUT2D eigenvalue weighted by Crippen LogP contribution is 2.18.